The number of hydrogen-bond donors (Lipinski definition) is 8. The Morgan fingerprint density at radius 1 is 0.974 bits per heavy atom. The van der Waals surface area contributed by atoms with Gasteiger partial charge in [0.15, 0.2) is 5.96 Å². The van der Waals surface area contributed by atoms with E-state index in [2.05, 4.69) is 30.9 Å². The molecule has 3 amide bonds. The summed E-state index contributed by atoms with van der Waals surface area (Å²) >= 11 is 3.01. The zero-order valence-corrected chi connectivity index (χ0v) is 23.3. The Kier molecular flexibility index (Phi) is 15.9. The van der Waals surface area contributed by atoms with E-state index < -0.39 is 47.9 Å². The van der Waals surface area contributed by atoms with Gasteiger partial charge in [0.2, 0.25) is 17.7 Å². The summed E-state index contributed by atoms with van der Waals surface area (Å²) in [4.78, 5) is 61.2. The van der Waals surface area contributed by atoms with Gasteiger partial charge in [0.25, 0.3) is 0 Å². The van der Waals surface area contributed by atoms with Crippen molar-refractivity contribution in [3.05, 3.63) is 18.2 Å². The number of carbonyl (C=O) groups is 4. The van der Waals surface area contributed by atoms with Crippen LogP contribution < -0.4 is 33.2 Å². The highest BCUT2D eigenvalue weighted by Gasteiger charge is 2.30. The molecule has 1 rings (SSSR count). The molecule has 214 valence electrons. The molecule has 14 nitrogen and oxygen atoms in total. The number of aliphatic imine (C=N–C) groups is 1. The molecule has 4 atom stereocenters. The number of rotatable bonds is 19. The maximum atomic E-state index is 13.2. The lowest BCUT2D eigenvalue weighted by molar-refractivity contribution is -0.142. The molecule has 11 N–H and O–H groups in total. The summed E-state index contributed by atoms with van der Waals surface area (Å²) < 4.78 is 0. The number of nitrogens with zero attached hydrogens (tertiary/aromatic N) is 2. The largest absolute Gasteiger partial charge is 0.480 e. The van der Waals surface area contributed by atoms with Crippen LogP contribution in [0.15, 0.2) is 17.5 Å². The van der Waals surface area contributed by atoms with Crippen molar-refractivity contribution in [3.8, 4) is 0 Å². The molecule has 0 fully saturated rings. The average Bonchev–Trinajstić information content (AvgIpc) is 3.38. The second-order valence-corrected chi connectivity index (χ2v) is 10.4. The molecule has 0 aliphatic heterocycles. The van der Waals surface area contributed by atoms with E-state index in [0.717, 1.165) is 0 Å². The van der Waals surface area contributed by atoms with Crippen LogP contribution in [0.1, 0.15) is 31.4 Å². The van der Waals surface area contributed by atoms with Gasteiger partial charge in [-0.15, -0.1) is 0 Å². The number of hydrogen-bond acceptors (Lipinski definition) is 9. The van der Waals surface area contributed by atoms with Gasteiger partial charge in [0.1, 0.15) is 18.1 Å². The topological polar surface area (TPSA) is 244 Å². The number of nitrogens with two attached hydrogens (primary N) is 3. The SMILES string of the molecule is CSCCC(N)C(=O)NC(CCCN=C(N)N)C(=O)NC(CCSC)C(=O)NC(Cc1cnc[nH]1)C(=O)O. The monoisotopic (exact) mass is 573 g/mol. The number of aromatic amines is 1. The van der Waals surface area contributed by atoms with Gasteiger partial charge in [0, 0.05) is 24.9 Å². The molecule has 38 heavy (non-hydrogen) atoms. The van der Waals surface area contributed by atoms with Gasteiger partial charge in [-0.3, -0.25) is 19.4 Å². The first kappa shape index (κ1) is 33.0. The maximum absolute atomic E-state index is 13.2. The van der Waals surface area contributed by atoms with Gasteiger partial charge in [-0.05, 0) is 49.7 Å². The van der Waals surface area contributed by atoms with Gasteiger partial charge < -0.3 is 43.2 Å². The number of guanidine groups is 1. The number of nitrogens with one attached hydrogen (secondary N) is 4. The zero-order chi connectivity index (χ0) is 28.5. The van der Waals surface area contributed by atoms with Gasteiger partial charge >= 0.3 is 5.97 Å². The van der Waals surface area contributed by atoms with E-state index >= 15 is 0 Å². The summed E-state index contributed by atoms with van der Waals surface area (Å²) in [5, 5.41) is 17.4. The number of carboxylic acids is 1. The smallest absolute Gasteiger partial charge is 0.326 e. The third kappa shape index (κ3) is 13.0. The van der Waals surface area contributed by atoms with Gasteiger partial charge in [-0.25, -0.2) is 9.78 Å². The molecule has 0 aliphatic carbocycles. The van der Waals surface area contributed by atoms with E-state index in [1.807, 2.05) is 12.5 Å². The van der Waals surface area contributed by atoms with Gasteiger partial charge in [0.05, 0.1) is 12.4 Å². The second kappa shape index (κ2) is 18.3. The van der Waals surface area contributed by atoms with Crippen molar-refractivity contribution in [1.82, 2.24) is 25.9 Å². The lowest BCUT2D eigenvalue weighted by Crippen LogP contribution is -2.57. The molecule has 0 bridgehead atoms. The molecule has 1 aromatic rings. The number of H-pyrrole nitrogens is 1. The van der Waals surface area contributed by atoms with Crippen LogP contribution in [-0.2, 0) is 25.6 Å². The maximum Gasteiger partial charge on any atom is 0.326 e. The third-order valence-electron chi connectivity index (χ3n) is 5.39. The van der Waals surface area contributed by atoms with Crippen LogP contribution >= 0.6 is 23.5 Å². The van der Waals surface area contributed by atoms with Crippen LogP contribution in [-0.4, -0.2) is 99.5 Å². The molecule has 0 aliphatic rings. The predicted molar refractivity (Wildman–Crippen MR) is 150 cm³/mol. The molecule has 0 saturated heterocycles. The minimum absolute atomic E-state index is 0.0122. The van der Waals surface area contributed by atoms with Crippen molar-refractivity contribution in [2.24, 2.45) is 22.2 Å². The number of carbonyl (C=O) groups excluding carboxylic acids is 3. The first-order valence-electron chi connectivity index (χ1n) is 12.0. The minimum Gasteiger partial charge on any atom is -0.480 e. The van der Waals surface area contributed by atoms with E-state index in [9.17, 15) is 24.3 Å². The van der Waals surface area contributed by atoms with Crippen LogP contribution in [0.5, 0.6) is 0 Å². The van der Waals surface area contributed by atoms with Crippen molar-refractivity contribution in [2.45, 2.75) is 56.3 Å². The number of amides is 3. The van der Waals surface area contributed by atoms with E-state index in [-0.39, 0.29) is 31.8 Å². The highest BCUT2D eigenvalue weighted by atomic mass is 32.2. The van der Waals surface area contributed by atoms with E-state index in [4.69, 9.17) is 17.2 Å². The molecule has 0 spiro atoms. The summed E-state index contributed by atoms with van der Waals surface area (Å²) in [6.45, 7) is 0.241. The predicted octanol–water partition coefficient (Wildman–Crippen LogP) is -1.62. The Bertz CT molecular complexity index is 913. The summed E-state index contributed by atoms with van der Waals surface area (Å²) in [6, 6.07) is -4.06. The molecular formula is C22H39N9O5S2. The first-order chi connectivity index (χ1) is 18.1. The fourth-order valence-electron chi connectivity index (χ4n) is 3.29. The van der Waals surface area contributed by atoms with Crippen molar-refractivity contribution >= 4 is 53.2 Å². The van der Waals surface area contributed by atoms with Crippen molar-refractivity contribution < 1.29 is 24.3 Å². The third-order valence-corrected chi connectivity index (χ3v) is 6.67. The minimum atomic E-state index is -1.24. The molecule has 0 radical (unpaired) electrons. The van der Waals surface area contributed by atoms with Gasteiger partial charge in [-0.2, -0.15) is 23.5 Å². The molecule has 4 unspecified atom stereocenters. The van der Waals surface area contributed by atoms with Crippen LogP contribution in [0.4, 0.5) is 0 Å². The standard InChI is InChI=1S/C22H39N9O5S2/c1-37-8-5-14(23)18(32)29-15(4-3-7-27-22(24)25)19(33)30-16(6-9-38-2)20(34)31-17(21(35)36)10-13-11-26-12-28-13/h11-12,14-17H,3-10,23H2,1-2H3,(H,26,28)(H,29,32)(H,30,33)(H,31,34)(H,35,36)(H4,24,25,27). The normalized spacial score (nSPS) is 14.0. The summed E-state index contributed by atoms with van der Waals surface area (Å²) in [7, 11) is 0. The van der Waals surface area contributed by atoms with E-state index in [0.29, 0.717) is 30.0 Å². The Morgan fingerprint density at radius 3 is 2.11 bits per heavy atom. The van der Waals surface area contributed by atoms with Crippen molar-refractivity contribution in [3.63, 3.8) is 0 Å². The Labute approximate surface area is 230 Å². The zero-order valence-electron chi connectivity index (χ0n) is 21.6. The van der Waals surface area contributed by atoms with Crippen LogP contribution in [0.25, 0.3) is 0 Å². The fraction of sp³-hybridized carbons (Fsp3) is 0.636. The summed E-state index contributed by atoms with van der Waals surface area (Å²) in [5.41, 5.74) is 17.2. The Hall–Kier alpha value is -2.98. The van der Waals surface area contributed by atoms with Gasteiger partial charge in [-0.1, -0.05) is 0 Å². The highest BCUT2D eigenvalue weighted by molar-refractivity contribution is 7.98. The Morgan fingerprint density at radius 2 is 1.55 bits per heavy atom. The molecule has 0 aromatic carbocycles. The molecule has 1 aromatic heterocycles. The first-order valence-corrected chi connectivity index (χ1v) is 14.8. The number of carboxylic acid groups (broad SMARTS) is 1. The number of aromatic nitrogens is 2. The molecule has 16 heteroatoms. The molecule has 0 saturated carbocycles. The van der Waals surface area contributed by atoms with E-state index in [1.54, 1.807) is 11.8 Å². The molecule has 1 heterocycles. The highest BCUT2D eigenvalue weighted by Crippen LogP contribution is 2.07. The van der Waals surface area contributed by atoms with Crippen LogP contribution in [0, 0.1) is 0 Å². The summed E-state index contributed by atoms with van der Waals surface area (Å²) in [5.74, 6) is -1.86. The second-order valence-electron chi connectivity index (χ2n) is 8.42. The fourth-order valence-corrected chi connectivity index (χ4v) is 4.25. The van der Waals surface area contributed by atoms with Crippen molar-refractivity contribution in [1.29, 1.82) is 0 Å². The van der Waals surface area contributed by atoms with Crippen LogP contribution in [0.2, 0.25) is 0 Å². The Balaban J connectivity index is 2.97. The number of imidazole rings is 1. The number of aliphatic carboxylic acids is 1. The lowest BCUT2D eigenvalue weighted by atomic mass is 10.1. The van der Waals surface area contributed by atoms with Crippen molar-refractivity contribution in [2.75, 3.05) is 30.6 Å². The molecular weight excluding hydrogens is 534 g/mol. The average molecular weight is 574 g/mol. The number of thioether (sulfide) groups is 2. The summed E-state index contributed by atoms with van der Waals surface area (Å²) in [6.07, 6.45) is 7.85. The van der Waals surface area contributed by atoms with Crippen LogP contribution in [0.3, 0.4) is 0 Å². The van der Waals surface area contributed by atoms with E-state index in [1.165, 1.54) is 24.3 Å². The quantitative estimate of drug-likeness (QED) is 0.0531. The lowest BCUT2D eigenvalue weighted by Gasteiger charge is -2.25.